The quantitative estimate of drug-likeness (QED) is 0.299. The molecule has 2 N–H and O–H groups in total. The van der Waals surface area contributed by atoms with E-state index < -0.39 is 21.7 Å². The average molecular weight is 572 g/mol. The summed E-state index contributed by atoms with van der Waals surface area (Å²) in [6, 6.07) is 12.3. The number of anilines is 1. The molecule has 0 fully saturated rings. The van der Waals surface area contributed by atoms with Crippen LogP contribution >= 0.6 is 0 Å². The summed E-state index contributed by atoms with van der Waals surface area (Å²) >= 11 is 0. The van der Waals surface area contributed by atoms with E-state index in [1.165, 1.54) is 56.8 Å². The first-order valence-electron chi connectivity index (χ1n) is 12.3. The van der Waals surface area contributed by atoms with E-state index in [-0.39, 0.29) is 22.6 Å². The van der Waals surface area contributed by atoms with E-state index in [0.717, 1.165) is 16.1 Å². The maximum Gasteiger partial charge on any atom is 0.255 e. The van der Waals surface area contributed by atoms with Crippen LogP contribution in [-0.2, 0) is 10.0 Å². The van der Waals surface area contributed by atoms with Crippen LogP contribution in [0.3, 0.4) is 0 Å². The van der Waals surface area contributed by atoms with Gasteiger partial charge < -0.3 is 14.7 Å². The van der Waals surface area contributed by atoms with Gasteiger partial charge in [-0.15, -0.1) is 0 Å². The van der Waals surface area contributed by atoms with Crippen molar-refractivity contribution in [2.24, 2.45) is 0 Å². The molecule has 11 nitrogen and oxygen atoms in total. The molecule has 6 aromatic rings. The molecule has 0 unspecified atom stereocenters. The molecule has 4 aromatic heterocycles. The molecule has 0 spiro atoms. The number of rotatable bonds is 6. The van der Waals surface area contributed by atoms with E-state index in [2.05, 4.69) is 25.3 Å². The Morgan fingerprint density at radius 2 is 1.83 bits per heavy atom. The first-order valence-corrected chi connectivity index (χ1v) is 14.1. The Morgan fingerprint density at radius 1 is 1.07 bits per heavy atom. The predicted octanol–water partition coefficient (Wildman–Crippen LogP) is 4.39. The normalized spacial score (nSPS) is 11.7. The van der Waals surface area contributed by atoms with Gasteiger partial charge in [0.25, 0.3) is 5.91 Å². The first-order chi connectivity index (χ1) is 19.6. The van der Waals surface area contributed by atoms with Crippen molar-refractivity contribution >= 4 is 43.8 Å². The number of H-pyrrole nitrogens is 1. The molecule has 0 bridgehead atoms. The summed E-state index contributed by atoms with van der Waals surface area (Å²) in [5.74, 6) is -0.239. The molecule has 4 heterocycles. The molecule has 0 radical (unpaired) electrons. The summed E-state index contributed by atoms with van der Waals surface area (Å²) in [5, 5.41) is 3.03. The summed E-state index contributed by atoms with van der Waals surface area (Å²) < 4.78 is 46.2. The van der Waals surface area contributed by atoms with E-state index in [9.17, 15) is 17.6 Å². The minimum absolute atomic E-state index is 0.205. The topological polar surface area (TPSA) is 147 Å². The van der Waals surface area contributed by atoms with Gasteiger partial charge in [0, 0.05) is 42.9 Å². The third-order valence-electron chi connectivity index (χ3n) is 6.61. The number of imidazole rings is 1. The number of fused-ring (bicyclic) bond motifs is 2. The monoisotopic (exact) mass is 571 g/mol. The Hall–Kier alpha value is -5.17. The van der Waals surface area contributed by atoms with Gasteiger partial charge in [0.05, 0.1) is 41.1 Å². The highest BCUT2D eigenvalue weighted by Crippen LogP contribution is 2.41. The molecular weight excluding hydrogens is 549 g/mol. The van der Waals surface area contributed by atoms with Crippen LogP contribution in [0.25, 0.3) is 56.2 Å². The maximum atomic E-state index is 13.6. The Kier molecular flexibility index (Phi) is 6.22. The van der Waals surface area contributed by atoms with Crippen molar-refractivity contribution < 1.29 is 22.0 Å². The summed E-state index contributed by atoms with van der Waals surface area (Å²) in [4.78, 5) is 34.1. The van der Waals surface area contributed by atoms with E-state index in [4.69, 9.17) is 9.40 Å². The zero-order valence-corrected chi connectivity index (χ0v) is 22.8. The van der Waals surface area contributed by atoms with Crippen LogP contribution in [0.2, 0.25) is 0 Å². The second-order valence-corrected chi connectivity index (χ2v) is 11.3. The number of sulfonamides is 1. The molecule has 0 aliphatic rings. The third-order valence-corrected chi connectivity index (χ3v) is 7.81. The fraction of sp³-hybridized carbons (Fsp3) is 0.107. The molecule has 0 aliphatic carbocycles. The molecule has 13 heteroatoms. The maximum absolute atomic E-state index is 13.6. The Balaban J connectivity index is 1.61. The Morgan fingerprint density at radius 3 is 2.54 bits per heavy atom. The molecule has 2 aromatic carbocycles. The molecule has 0 atom stereocenters. The summed E-state index contributed by atoms with van der Waals surface area (Å²) in [5.41, 5.74) is 3.52. The molecule has 1 amide bonds. The number of pyridine rings is 1. The van der Waals surface area contributed by atoms with Gasteiger partial charge in [0.15, 0.2) is 11.5 Å². The van der Waals surface area contributed by atoms with E-state index in [1.54, 1.807) is 18.3 Å². The highest BCUT2D eigenvalue weighted by atomic mass is 32.2. The molecule has 206 valence electrons. The minimum Gasteiger partial charge on any atom is -0.455 e. The summed E-state index contributed by atoms with van der Waals surface area (Å²) in [6.07, 6.45) is 5.73. The lowest BCUT2D eigenvalue weighted by atomic mass is 10.0. The van der Waals surface area contributed by atoms with Crippen LogP contribution < -0.4 is 9.62 Å². The number of hydrogen-bond donors (Lipinski definition) is 2. The second-order valence-electron chi connectivity index (χ2n) is 9.24. The van der Waals surface area contributed by atoms with Crippen molar-refractivity contribution in [3.05, 3.63) is 78.5 Å². The van der Waals surface area contributed by atoms with Crippen LogP contribution in [0.1, 0.15) is 10.4 Å². The van der Waals surface area contributed by atoms with Crippen molar-refractivity contribution in [3.8, 4) is 34.1 Å². The summed E-state index contributed by atoms with van der Waals surface area (Å²) in [6.45, 7) is 0. The highest BCUT2D eigenvalue weighted by Gasteiger charge is 2.26. The van der Waals surface area contributed by atoms with Gasteiger partial charge in [0.1, 0.15) is 22.9 Å². The molecular formula is C28H22FN7O4S. The van der Waals surface area contributed by atoms with Gasteiger partial charge in [0.2, 0.25) is 10.0 Å². The molecule has 0 saturated heterocycles. The number of aromatic amines is 1. The number of carbonyl (C=O) groups excluding carboxylic acids is 1. The number of furan rings is 1. The van der Waals surface area contributed by atoms with Crippen molar-refractivity contribution in [1.82, 2.24) is 30.2 Å². The van der Waals surface area contributed by atoms with E-state index >= 15 is 0 Å². The van der Waals surface area contributed by atoms with Gasteiger partial charge in [-0.2, -0.15) is 0 Å². The van der Waals surface area contributed by atoms with Gasteiger partial charge in [-0.05, 0) is 42.5 Å². The fourth-order valence-corrected chi connectivity index (χ4v) is 5.02. The average Bonchev–Trinajstić information content (AvgIpc) is 3.57. The van der Waals surface area contributed by atoms with Crippen molar-refractivity contribution in [2.45, 2.75) is 0 Å². The van der Waals surface area contributed by atoms with Crippen molar-refractivity contribution in [2.75, 3.05) is 24.7 Å². The zero-order valence-electron chi connectivity index (χ0n) is 22.0. The van der Waals surface area contributed by atoms with Crippen LogP contribution in [-0.4, -0.2) is 59.6 Å². The second kappa shape index (κ2) is 9.78. The number of benzene rings is 2. The largest absolute Gasteiger partial charge is 0.455 e. The van der Waals surface area contributed by atoms with Gasteiger partial charge in [-0.25, -0.2) is 27.8 Å². The first kappa shape index (κ1) is 26.1. The van der Waals surface area contributed by atoms with Gasteiger partial charge in [-0.1, -0.05) is 0 Å². The molecule has 0 saturated carbocycles. The van der Waals surface area contributed by atoms with E-state index in [0.29, 0.717) is 39.4 Å². The van der Waals surface area contributed by atoms with Crippen LogP contribution in [0.5, 0.6) is 0 Å². The number of halogens is 1. The zero-order chi connectivity index (χ0) is 28.9. The minimum atomic E-state index is -3.72. The fourth-order valence-electron chi connectivity index (χ4n) is 4.51. The Labute approximate surface area is 233 Å². The SMILES string of the molecule is CNC(=O)c1c(-c2ccc(F)cc2)oc2cc(N(C)S(C)(=O)=O)c(-c3cncc(-c4nc5ncccc5[nH]4)n3)cc12. The summed E-state index contributed by atoms with van der Waals surface area (Å²) in [7, 11) is -0.826. The van der Waals surface area contributed by atoms with Crippen molar-refractivity contribution in [3.63, 3.8) is 0 Å². The predicted molar refractivity (Wildman–Crippen MR) is 152 cm³/mol. The van der Waals surface area contributed by atoms with Crippen LogP contribution in [0, 0.1) is 5.82 Å². The van der Waals surface area contributed by atoms with Crippen LogP contribution in [0.4, 0.5) is 10.1 Å². The number of nitrogens with one attached hydrogen (secondary N) is 2. The number of aromatic nitrogens is 5. The smallest absolute Gasteiger partial charge is 0.255 e. The lowest BCUT2D eigenvalue weighted by Gasteiger charge is -2.20. The van der Waals surface area contributed by atoms with Gasteiger partial charge >= 0.3 is 0 Å². The molecule has 6 rings (SSSR count). The highest BCUT2D eigenvalue weighted by molar-refractivity contribution is 7.92. The third kappa shape index (κ3) is 4.65. The molecule has 41 heavy (non-hydrogen) atoms. The molecule has 0 aliphatic heterocycles. The Bertz CT molecular complexity index is 2040. The number of amides is 1. The standard InChI is InChI=1S/C28H22FN7O4S/c1-30-28(37)24-18-11-17(20-13-31-14-21(33-20)27-34-19-5-4-10-32-26(19)35-27)22(36(2)41(3,38)39)12-23(18)40-25(24)15-6-8-16(29)9-7-15/h4-14H,1-3H3,(H,30,37)(H,32,34,35). The lowest BCUT2D eigenvalue weighted by Crippen LogP contribution is -2.25. The lowest BCUT2D eigenvalue weighted by molar-refractivity contribution is 0.0964. The van der Waals surface area contributed by atoms with E-state index in [1.807, 2.05) is 6.07 Å². The van der Waals surface area contributed by atoms with Gasteiger partial charge in [-0.3, -0.25) is 14.1 Å². The number of nitrogens with zero attached hydrogens (tertiary/aromatic N) is 5. The number of hydrogen-bond acceptors (Lipinski definition) is 8. The number of carbonyl (C=O) groups is 1. The van der Waals surface area contributed by atoms with Crippen LogP contribution in [0.15, 0.2) is 71.5 Å². The van der Waals surface area contributed by atoms with Crippen molar-refractivity contribution in [1.29, 1.82) is 0 Å².